The minimum absolute atomic E-state index is 0.0451. The van der Waals surface area contributed by atoms with Gasteiger partial charge in [0, 0.05) is 26.2 Å². The minimum Gasteiger partial charge on any atom is -0.378 e. The maximum Gasteiger partial charge on any atom is 0.242 e. The lowest BCUT2D eigenvalue weighted by molar-refractivity contribution is -0.145. The highest BCUT2D eigenvalue weighted by atomic mass is 16.5. The molecule has 0 atom stereocenters. The van der Waals surface area contributed by atoms with Crippen LogP contribution in [0.5, 0.6) is 0 Å². The lowest BCUT2D eigenvalue weighted by atomic mass is 10.2. The smallest absolute Gasteiger partial charge is 0.242 e. The summed E-state index contributed by atoms with van der Waals surface area (Å²) < 4.78 is 5.23. The van der Waals surface area contributed by atoms with Gasteiger partial charge in [0.05, 0.1) is 26.3 Å². The molecular weight excluding hydrogens is 258 g/mol. The second-order valence-corrected chi connectivity index (χ2v) is 5.44. The molecule has 114 valence electrons. The number of piperazine rings is 1. The number of nitrogens with zero attached hydrogens (tertiary/aromatic N) is 3. The van der Waals surface area contributed by atoms with Crippen LogP contribution in [-0.2, 0) is 14.3 Å². The van der Waals surface area contributed by atoms with Crippen molar-refractivity contribution < 1.29 is 14.3 Å². The molecule has 0 aliphatic carbocycles. The van der Waals surface area contributed by atoms with Gasteiger partial charge in [-0.15, -0.1) is 0 Å². The van der Waals surface area contributed by atoms with Gasteiger partial charge >= 0.3 is 0 Å². The van der Waals surface area contributed by atoms with Gasteiger partial charge in [-0.2, -0.15) is 0 Å². The summed E-state index contributed by atoms with van der Waals surface area (Å²) in [6.45, 7) is 7.84. The van der Waals surface area contributed by atoms with Crippen molar-refractivity contribution in [1.82, 2.24) is 14.7 Å². The van der Waals surface area contributed by atoms with E-state index in [0.717, 1.165) is 25.9 Å². The van der Waals surface area contributed by atoms with E-state index in [9.17, 15) is 9.59 Å². The molecule has 2 fully saturated rings. The molecule has 2 aliphatic heterocycles. The topological polar surface area (TPSA) is 53.1 Å². The summed E-state index contributed by atoms with van der Waals surface area (Å²) >= 11 is 0. The van der Waals surface area contributed by atoms with E-state index in [1.165, 1.54) is 0 Å². The molecule has 0 saturated carbocycles. The summed E-state index contributed by atoms with van der Waals surface area (Å²) in [4.78, 5) is 29.9. The maximum atomic E-state index is 12.1. The van der Waals surface area contributed by atoms with E-state index in [4.69, 9.17) is 4.74 Å². The molecule has 20 heavy (non-hydrogen) atoms. The summed E-state index contributed by atoms with van der Waals surface area (Å²) in [5.41, 5.74) is 0. The van der Waals surface area contributed by atoms with E-state index in [2.05, 4.69) is 11.8 Å². The first kappa shape index (κ1) is 15.3. The Balaban J connectivity index is 1.76. The second kappa shape index (κ2) is 7.59. The minimum atomic E-state index is 0.0451. The van der Waals surface area contributed by atoms with Crippen LogP contribution in [0.1, 0.15) is 19.8 Å². The fraction of sp³-hybridized carbons (Fsp3) is 0.857. The van der Waals surface area contributed by atoms with Crippen molar-refractivity contribution >= 4 is 11.8 Å². The Bertz CT molecular complexity index is 343. The number of amides is 2. The van der Waals surface area contributed by atoms with Crippen LogP contribution >= 0.6 is 0 Å². The molecule has 0 aromatic carbocycles. The fourth-order valence-corrected chi connectivity index (χ4v) is 2.57. The van der Waals surface area contributed by atoms with Gasteiger partial charge in [-0.3, -0.25) is 14.5 Å². The van der Waals surface area contributed by atoms with E-state index in [-0.39, 0.29) is 18.4 Å². The summed E-state index contributed by atoms with van der Waals surface area (Å²) in [5.74, 6) is 0.123. The number of carbonyl (C=O) groups excluding carboxylic acids is 2. The number of hydrogen-bond donors (Lipinski definition) is 0. The molecule has 0 unspecified atom stereocenters. The molecule has 6 heteroatoms. The molecule has 2 amide bonds. The van der Waals surface area contributed by atoms with Gasteiger partial charge in [-0.1, -0.05) is 13.3 Å². The van der Waals surface area contributed by atoms with E-state index in [0.29, 0.717) is 39.4 Å². The molecule has 2 heterocycles. The molecule has 2 aliphatic rings. The largest absolute Gasteiger partial charge is 0.378 e. The average molecular weight is 283 g/mol. The molecule has 0 spiro atoms. The Morgan fingerprint density at radius 3 is 2.60 bits per heavy atom. The van der Waals surface area contributed by atoms with Crippen molar-refractivity contribution in [2.45, 2.75) is 19.8 Å². The van der Waals surface area contributed by atoms with Crippen molar-refractivity contribution in [2.24, 2.45) is 0 Å². The van der Waals surface area contributed by atoms with Crippen molar-refractivity contribution in [3.05, 3.63) is 0 Å². The quantitative estimate of drug-likeness (QED) is 0.700. The van der Waals surface area contributed by atoms with Crippen LogP contribution in [0.2, 0.25) is 0 Å². The van der Waals surface area contributed by atoms with Gasteiger partial charge in [-0.25, -0.2) is 0 Å². The second-order valence-electron chi connectivity index (χ2n) is 5.44. The summed E-state index contributed by atoms with van der Waals surface area (Å²) in [6.07, 6.45) is 2.27. The molecule has 0 aromatic heterocycles. The molecular formula is C14H25N3O3. The first-order chi connectivity index (χ1) is 9.70. The first-order valence-electron chi connectivity index (χ1n) is 7.56. The monoisotopic (exact) mass is 283 g/mol. The zero-order chi connectivity index (χ0) is 14.4. The van der Waals surface area contributed by atoms with Gasteiger partial charge in [0.15, 0.2) is 0 Å². The fourth-order valence-electron chi connectivity index (χ4n) is 2.57. The lowest BCUT2D eigenvalue weighted by Crippen LogP contribution is -2.54. The Kier molecular flexibility index (Phi) is 5.79. The zero-order valence-corrected chi connectivity index (χ0v) is 12.3. The van der Waals surface area contributed by atoms with Crippen molar-refractivity contribution in [3.8, 4) is 0 Å². The normalized spacial score (nSPS) is 21.4. The van der Waals surface area contributed by atoms with Crippen LogP contribution in [-0.4, -0.2) is 85.5 Å². The summed E-state index contributed by atoms with van der Waals surface area (Å²) in [7, 11) is 0. The van der Waals surface area contributed by atoms with Crippen molar-refractivity contribution in [3.63, 3.8) is 0 Å². The number of morpholine rings is 1. The van der Waals surface area contributed by atoms with E-state index < -0.39 is 0 Å². The number of rotatable bonds is 5. The molecule has 6 nitrogen and oxygen atoms in total. The SMILES string of the molecule is CCCCN1CCN(CC(=O)N2CCOCC2)C(=O)C1. The third kappa shape index (κ3) is 4.18. The highest BCUT2D eigenvalue weighted by molar-refractivity contribution is 5.86. The van der Waals surface area contributed by atoms with Gasteiger partial charge in [-0.05, 0) is 13.0 Å². The van der Waals surface area contributed by atoms with Gasteiger partial charge < -0.3 is 14.5 Å². The number of ether oxygens (including phenoxy) is 1. The average Bonchev–Trinajstić information content (AvgIpc) is 2.48. The zero-order valence-electron chi connectivity index (χ0n) is 12.3. The van der Waals surface area contributed by atoms with Crippen LogP contribution in [0.25, 0.3) is 0 Å². The Hall–Kier alpha value is -1.14. The number of unbranched alkanes of at least 4 members (excludes halogenated alkanes) is 1. The highest BCUT2D eigenvalue weighted by Crippen LogP contribution is 2.06. The van der Waals surface area contributed by atoms with Crippen LogP contribution in [0.4, 0.5) is 0 Å². The summed E-state index contributed by atoms with van der Waals surface area (Å²) in [5, 5.41) is 0. The van der Waals surface area contributed by atoms with E-state index >= 15 is 0 Å². The number of hydrogen-bond acceptors (Lipinski definition) is 4. The van der Waals surface area contributed by atoms with Crippen LogP contribution in [0, 0.1) is 0 Å². The molecule has 0 N–H and O–H groups in total. The Labute approximate surface area is 120 Å². The van der Waals surface area contributed by atoms with Crippen LogP contribution in [0.3, 0.4) is 0 Å². The van der Waals surface area contributed by atoms with E-state index in [1.807, 2.05) is 0 Å². The molecule has 2 rings (SSSR count). The van der Waals surface area contributed by atoms with Gasteiger partial charge in [0.2, 0.25) is 11.8 Å². The van der Waals surface area contributed by atoms with Crippen LogP contribution < -0.4 is 0 Å². The standard InChI is InChI=1S/C14H25N3O3/c1-2-3-4-15-5-6-17(13(18)11-15)12-14(19)16-7-9-20-10-8-16/h2-12H2,1H3. The third-order valence-corrected chi connectivity index (χ3v) is 3.92. The summed E-state index contributed by atoms with van der Waals surface area (Å²) in [6, 6.07) is 0. The van der Waals surface area contributed by atoms with Gasteiger partial charge in [0.1, 0.15) is 0 Å². The molecule has 0 aromatic rings. The molecule has 2 saturated heterocycles. The van der Waals surface area contributed by atoms with Crippen molar-refractivity contribution in [2.75, 3.05) is 59.0 Å². The maximum absolute atomic E-state index is 12.1. The highest BCUT2D eigenvalue weighted by Gasteiger charge is 2.27. The molecule has 0 bridgehead atoms. The van der Waals surface area contributed by atoms with Crippen molar-refractivity contribution in [1.29, 1.82) is 0 Å². The third-order valence-electron chi connectivity index (χ3n) is 3.92. The lowest BCUT2D eigenvalue weighted by Gasteiger charge is -2.35. The molecule has 0 radical (unpaired) electrons. The number of carbonyl (C=O) groups is 2. The van der Waals surface area contributed by atoms with E-state index in [1.54, 1.807) is 9.80 Å². The van der Waals surface area contributed by atoms with Gasteiger partial charge in [0.25, 0.3) is 0 Å². The predicted molar refractivity (Wildman–Crippen MR) is 75.3 cm³/mol. The Morgan fingerprint density at radius 2 is 1.95 bits per heavy atom. The Morgan fingerprint density at radius 1 is 1.20 bits per heavy atom. The van der Waals surface area contributed by atoms with Crippen LogP contribution in [0.15, 0.2) is 0 Å². The first-order valence-corrected chi connectivity index (χ1v) is 7.56. The predicted octanol–water partition coefficient (Wildman–Crippen LogP) is -0.210.